The number of anilines is 1. The summed E-state index contributed by atoms with van der Waals surface area (Å²) in [4.78, 5) is 39.9. The minimum Gasteiger partial charge on any atom is -0.369 e. The van der Waals surface area contributed by atoms with Gasteiger partial charge < -0.3 is 20.1 Å². The molecule has 1 unspecified atom stereocenters. The number of H-pyrrole nitrogens is 1. The fraction of sp³-hybridized carbons (Fsp3) is 0.300. The quantitative estimate of drug-likeness (QED) is 0.444. The maximum atomic E-state index is 11.6. The van der Waals surface area contributed by atoms with E-state index in [9.17, 15) is 9.36 Å². The second-order valence-corrected chi connectivity index (χ2v) is 6.41. The summed E-state index contributed by atoms with van der Waals surface area (Å²) in [6.45, 7) is 0.332. The number of allylic oxidation sites excluding steroid dienone is 2. The molecule has 10 heteroatoms. The van der Waals surface area contributed by atoms with Gasteiger partial charge in [-0.15, -0.1) is 0 Å². The van der Waals surface area contributed by atoms with Crippen molar-refractivity contribution in [3.05, 3.63) is 28.3 Å². The number of hydrogen-bond donors (Lipinski definition) is 4. The maximum absolute atomic E-state index is 11.6. The van der Waals surface area contributed by atoms with E-state index in [4.69, 9.17) is 15.5 Å². The van der Waals surface area contributed by atoms with Crippen LogP contribution in [0.2, 0.25) is 0 Å². The summed E-state index contributed by atoms with van der Waals surface area (Å²) in [5.74, 6) is -0.00332. The minimum atomic E-state index is -4.04. The molecule has 20 heavy (non-hydrogen) atoms. The maximum Gasteiger partial charge on any atom is 0.332 e. The predicted octanol–water partition coefficient (Wildman–Crippen LogP) is -0.422. The second-order valence-electron chi connectivity index (χ2n) is 4.61. The number of fused-ring (bicyclic) bond motifs is 1. The number of nitrogens with one attached hydrogen (secondary N) is 1. The van der Waals surface area contributed by atoms with Gasteiger partial charge in [0.15, 0.2) is 11.2 Å². The molecule has 0 aromatic carbocycles. The fourth-order valence-electron chi connectivity index (χ4n) is 2.04. The van der Waals surface area contributed by atoms with Gasteiger partial charge in [0, 0.05) is 6.54 Å². The van der Waals surface area contributed by atoms with Gasteiger partial charge in [-0.1, -0.05) is 11.6 Å². The third-order valence-corrected chi connectivity index (χ3v) is 4.47. The number of imidazole rings is 1. The van der Waals surface area contributed by atoms with Crippen molar-refractivity contribution in [2.45, 2.75) is 18.6 Å². The Morgan fingerprint density at radius 1 is 1.60 bits per heavy atom. The van der Waals surface area contributed by atoms with Crippen LogP contribution in [0.4, 0.5) is 5.95 Å². The fourth-order valence-corrected chi connectivity index (χ4v) is 3.02. The summed E-state index contributed by atoms with van der Waals surface area (Å²) in [6.07, 6.45) is 3.55. The van der Waals surface area contributed by atoms with E-state index in [1.54, 1.807) is 10.6 Å². The summed E-state index contributed by atoms with van der Waals surface area (Å²) >= 11 is 0. The lowest BCUT2D eigenvalue weighted by atomic mass is 10.4. The van der Waals surface area contributed by atoms with Gasteiger partial charge in [-0.2, -0.15) is 4.98 Å². The summed E-state index contributed by atoms with van der Waals surface area (Å²) < 4.78 is 12.6. The highest BCUT2D eigenvalue weighted by Gasteiger charge is 2.43. The second kappa shape index (κ2) is 4.27. The van der Waals surface area contributed by atoms with E-state index >= 15 is 0 Å². The molecule has 1 fully saturated rings. The zero-order valence-corrected chi connectivity index (χ0v) is 11.1. The van der Waals surface area contributed by atoms with E-state index in [0.717, 1.165) is 0 Å². The molecule has 1 aliphatic carbocycles. The van der Waals surface area contributed by atoms with E-state index in [0.29, 0.717) is 24.2 Å². The summed E-state index contributed by atoms with van der Waals surface area (Å²) in [7, 11) is -4.04. The van der Waals surface area contributed by atoms with Gasteiger partial charge in [0.2, 0.25) is 5.95 Å². The average molecular weight is 297 g/mol. The van der Waals surface area contributed by atoms with E-state index in [1.807, 2.05) is 0 Å². The summed E-state index contributed by atoms with van der Waals surface area (Å²) in [5, 5.41) is 0. The lowest BCUT2D eigenvalue weighted by Crippen LogP contribution is -2.12. The first-order valence-corrected chi connectivity index (χ1v) is 7.49. The van der Waals surface area contributed by atoms with Crippen LogP contribution in [0.15, 0.2) is 22.8 Å². The van der Waals surface area contributed by atoms with Crippen LogP contribution >= 0.6 is 7.60 Å². The molecule has 2 heterocycles. The molecule has 0 amide bonds. The molecule has 0 spiro atoms. The third kappa shape index (κ3) is 2.26. The van der Waals surface area contributed by atoms with Crippen LogP contribution in [0.25, 0.3) is 11.2 Å². The molecule has 0 bridgehead atoms. The number of hydrogen-bond acceptors (Lipinski definition) is 5. The Kier molecular flexibility index (Phi) is 2.79. The van der Waals surface area contributed by atoms with Crippen molar-refractivity contribution in [3.63, 3.8) is 0 Å². The van der Waals surface area contributed by atoms with Crippen LogP contribution in [0.3, 0.4) is 0 Å². The standard InChI is InChI=1S/C10H12N5O4P/c11-10-13-8-7(9(16)14-10)12-4-15(8)2-1-5-3-6(5)20(17,18)19/h1,4,6H,2-3H2,(H2,17,18,19)(H3,11,13,14,16)/b5-1+. The van der Waals surface area contributed by atoms with Crippen molar-refractivity contribution >= 4 is 24.7 Å². The molecule has 2 aromatic rings. The lowest BCUT2D eigenvalue weighted by Gasteiger charge is -2.00. The Balaban J connectivity index is 1.89. The van der Waals surface area contributed by atoms with Crippen molar-refractivity contribution in [2.75, 3.05) is 5.73 Å². The molecule has 1 atom stereocenters. The van der Waals surface area contributed by atoms with Crippen LogP contribution in [0.5, 0.6) is 0 Å². The van der Waals surface area contributed by atoms with Gasteiger partial charge in [-0.05, 0) is 6.42 Å². The number of aromatic nitrogens is 4. The SMILES string of the molecule is Nc1nc2c(ncn2C/C=C2\CC2P(=O)(O)O)c(=O)[nH]1. The minimum absolute atomic E-state index is 0.00332. The predicted molar refractivity (Wildman–Crippen MR) is 71.1 cm³/mol. The lowest BCUT2D eigenvalue weighted by molar-refractivity contribution is 0.372. The highest BCUT2D eigenvalue weighted by Crippen LogP contribution is 2.57. The van der Waals surface area contributed by atoms with Gasteiger partial charge >= 0.3 is 7.60 Å². The van der Waals surface area contributed by atoms with Crippen molar-refractivity contribution < 1.29 is 14.4 Å². The van der Waals surface area contributed by atoms with Crippen LogP contribution in [0, 0.1) is 0 Å². The van der Waals surface area contributed by atoms with Crippen LogP contribution in [0.1, 0.15) is 6.42 Å². The first-order valence-electron chi connectivity index (χ1n) is 5.81. The molecular weight excluding hydrogens is 285 g/mol. The number of nitrogen functional groups attached to an aromatic ring is 1. The number of nitrogens with zero attached hydrogens (tertiary/aromatic N) is 3. The Hall–Kier alpha value is -1.96. The first-order chi connectivity index (χ1) is 9.36. The molecule has 3 rings (SSSR count). The van der Waals surface area contributed by atoms with E-state index in [-0.39, 0.29) is 11.5 Å². The zero-order chi connectivity index (χ0) is 14.5. The molecular formula is C10H12N5O4P. The van der Waals surface area contributed by atoms with Crippen molar-refractivity contribution in [1.82, 2.24) is 19.5 Å². The Labute approximate surface area is 112 Å². The Morgan fingerprint density at radius 3 is 3.00 bits per heavy atom. The van der Waals surface area contributed by atoms with E-state index < -0.39 is 18.8 Å². The topological polar surface area (TPSA) is 147 Å². The third-order valence-electron chi connectivity index (χ3n) is 3.15. The number of aromatic amines is 1. The average Bonchev–Trinajstić information content (AvgIpc) is 3.01. The highest BCUT2D eigenvalue weighted by atomic mass is 31.2. The molecule has 1 aliphatic rings. The highest BCUT2D eigenvalue weighted by molar-refractivity contribution is 7.53. The molecule has 0 saturated heterocycles. The number of nitrogens with two attached hydrogens (primary N) is 1. The van der Waals surface area contributed by atoms with Gasteiger partial charge in [0.25, 0.3) is 5.56 Å². The monoisotopic (exact) mass is 297 g/mol. The van der Waals surface area contributed by atoms with E-state index in [1.165, 1.54) is 6.33 Å². The molecule has 9 nitrogen and oxygen atoms in total. The molecule has 5 N–H and O–H groups in total. The summed E-state index contributed by atoms with van der Waals surface area (Å²) in [6, 6.07) is 0. The Morgan fingerprint density at radius 2 is 2.35 bits per heavy atom. The zero-order valence-electron chi connectivity index (χ0n) is 10.2. The smallest absolute Gasteiger partial charge is 0.332 e. The van der Waals surface area contributed by atoms with Crippen molar-refractivity contribution in [2.24, 2.45) is 0 Å². The molecule has 2 aromatic heterocycles. The molecule has 0 radical (unpaired) electrons. The number of rotatable bonds is 3. The summed E-state index contributed by atoms with van der Waals surface area (Å²) in [5.41, 5.74) is 5.62. The molecule has 1 saturated carbocycles. The first kappa shape index (κ1) is 13.0. The van der Waals surface area contributed by atoms with Crippen molar-refractivity contribution in [1.29, 1.82) is 0 Å². The van der Waals surface area contributed by atoms with Gasteiger partial charge in [-0.3, -0.25) is 14.3 Å². The molecule has 0 aliphatic heterocycles. The van der Waals surface area contributed by atoms with Crippen molar-refractivity contribution in [3.8, 4) is 0 Å². The van der Waals surface area contributed by atoms with E-state index in [2.05, 4.69) is 15.0 Å². The van der Waals surface area contributed by atoms with Gasteiger partial charge in [0.05, 0.1) is 12.0 Å². The van der Waals surface area contributed by atoms with Crippen LogP contribution in [-0.2, 0) is 11.1 Å². The van der Waals surface area contributed by atoms with Gasteiger partial charge in [-0.25, -0.2) is 4.98 Å². The van der Waals surface area contributed by atoms with Crippen LogP contribution < -0.4 is 11.3 Å². The molecule has 106 valence electrons. The normalized spacial score (nSPS) is 20.7. The van der Waals surface area contributed by atoms with Gasteiger partial charge in [0.1, 0.15) is 0 Å². The largest absolute Gasteiger partial charge is 0.369 e. The van der Waals surface area contributed by atoms with Crippen LogP contribution in [-0.4, -0.2) is 35.0 Å². The Bertz CT molecular complexity index is 817.